The first-order valence-electron chi connectivity index (χ1n) is 13.8. The van der Waals surface area contributed by atoms with Gasteiger partial charge < -0.3 is 41.1 Å². The van der Waals surface area contributed by atoms with E-state index < -0.39 is 66.3 Å². The number of aliphatic hydroxyl groups excluding tert-OH is 4. The molecule has 7 N–H and O–H groups in total. The Morgan fingerprint density at radius 3 is 2.10 bits per heavy atom. The number of ether oxygens (including phenoxy) is 1. The highest BCUT2D eigenvalue weighted by Crippen LogP contribution is 2.31. The van der Waals surface area contributed by atoms with Crippen LogP contribution in [0.2, 0.25) is 0 Å². The third-order valence-corrected chi connectivity index (χ3v) is 7.69. The second-order valence-electron chi connectivity index (χ2n) is 10.7. The molecule has 7 unspecified atom stereocenters. The molecular formula is C30H39N3O9. The Kier molecular flexibility index (Phi) is 11.3. The number of benzene rings is 2. The van der Waals surface area contributed by atoms with E-state index in [1.54, 1.807) is 57.2 Å². The normalized spacial score (nSPS) is 24.1. The fourth-order valence-corrected chi connectivity index (χ4v) is 4.77. The zero-order valence-corrected chi connectivity index (χ0v) is 23.8. The van der Waals surface area contributed by atoms with Crippen molar-refractivity contribution >= 4 is 23.5 Å². The molecule has 0 radical (unpaired) electrons. The fourth-order valence-electron chi connectivity index (χ4n) is 4.77. The first-order valence-corrected chi connectivity index (χ1v) is 13.8. The van der Waals surface area contributed by atoms with E-state index in [-0.39, 0.29) is 18.9 Å². The summed E-state index contributed by atoms with van der Waals surface area (Å²) in [5, 5.41) is 47.4. The van der Waals surface area contributed by atoms with Crippen LogP contribution in [0.3, 0.4) is 0 Å². The van der Waals surface area contributed by atoms with Crippen molar-refractivity contribution < 1.29 is 44.3 Å². The van der Waals surface area contributed by atoms with Crippen LogP contribution in [0.25, 0.3) is 0 Å². The average molecular weight is 586 g/mol. The summed E-state index contributed by atoms with van der Waals surface area (Å²) in [7, 11) is 0. The minimum absolute atomic E-state index is 0.105. The van der Waals surface area contributed by atoms with Crippen molar-refractivity contribution in [1.29, 1.82) is 0 Å². The number of hydrogen-bond donors (Lipinski definition) is 7. The number of hydrogen-bond acceptors (Lipinski definition) is 9. The van der Waals surface area contributed by atoms with Crippen molar-refractivity contribution in [3.63, 3.8) is 0 Å². The minimum Gasteiger partial charge on any atom is -0.394 e. The van der Waals surface area contributed by atoms with E-state index in [1.165, 1.54) is 12.1 Å². The molecule has 7 atom stereocenters. The second kappa shape index (κ2) is 14.5. The lowest BCUT2D eigenvalue weighted by atomic mass is 9.78. The molecule has 42 heavy (non-hydrogen) atoms. The summed E-state index contributed by atoms with van der Waals surface area (Å²) in [4.78, 5) is 51.0. The molecule has 1 saturated heterocycles. The van der Waals surface area contributed by atoms with Gasteiger partial charge in [0.15, 0.2) is 12.1 Å². The van der Waals surface area contributed by atoms with Gasteiger partial charge >= 0.3 is 0 Å². The molecule has 0 saturated carbocycles. The number of aliphatic hydroxyl groups is 4. The molecule has 2 aromatic carbocycles. The Balaban J connectivity index is 1.51. The quantitative estimate of drug-likeness (QED) is 0.133. The van der Waals surface area contributed by atoms with E-state index in [0.717, 1.165) is 0 Å². The highest BCUT2D eigenvalue weighted by atomic mass is 16.6. The Hall–Kier alpha value is -3.68. The van der Waals surface area contributed by atoms with E-state index in [4.69, 9.17) is 4.74 Å². The monoisotopic (exact) mass is 585 g/mol. The van der Waals surface area contributed by atoms with E-state index in [2.05, 4.69) is 16.0 Å². The number of amides is 3. The third kappa shape index (κ3) is 7.78. The van der Waals surface area contributed by atoms with E-state index in [0.29, 0.717) is 23.1 Å². The summed E-state index contributed by atoms with van der Waals surface area (Å²) in [5.41, 5.74) is 0.289. The topological polar surface area (TPSA) is 195 Å². The average Bonchev–Trinajstić information content (AvgIpc) is 3.00. The van der Waals surface area contributed by atoms with Gasteiger partial charge in [-0.1, -0.05) is 63.2 Å². The summed E-state index contributed by atoms with van der Waals surface area (Å²) < 4.78 is 5.07. The Morgan fingerprint density at radius 2 is 1.50 bits per heavy atom. The van der Waals surface area contributed by atoms with Crippen molar-refractivity contribution in [3.8, 4) is 0 Å². The summed E-state index contributed by atoms with van der Waals surface area (Å²) in [5.74, 6) is -2.32. The van der Waals surface area contributed by atoms with Gasteiger partial charge in [0, 0.05) is 28.0 Å². The number of carbonyl (C=O) groups excluding carboxylic acids is 4. The highest BCUT2D eigenvalue weighted by molar-refractivity contribution is 6.09. The summed E-state index contributed by atoms with van der Waals surface area (Å²) in [6.45, 7) is 4.26. The SMILES string of the molecule is CCC(C)(CC(C)C(=O)NC1C(O)OC(CO)C(O)C1O)C(=O)NCNC(=O)c1ccc(C(=O)c2ccccc2)cc1. The number of carbonyl (C=O) groups is 4. The van der Waals surface area contributed by atoms with Crippen molar-refractivity contribution in [3.05, 3.63) is 71.3 Å². The summed E-state index contributed by atoms with van der Waals surface area (Å²) >= 11 is 0. The van der Waals surface area contributed by atoms with Crippen LogP contribution < -0.4 is 16.0 Å². The van der Waals surface area contributed by atoms with Gasteiger partial charge in [0.2, 0.25) is 11.8 Å². The lowest BCUT2D eigenvalue weighted by molar-refractivity contribution is -0.254. The third-order valence-electron chi connectivity index (χ3n) is 7.69. The molecule has 3 rings (SSSR count). The fraction of sp³-hybridized carbons (Fsp3) is 0.467. The Bertz CT molecular complexity index is 1240. The maximum atomic E-state index is 13.0. The van der Waals surface area contributed by atoms with E-state index in [1.807, 2.05) is 6.07 Å². The molecule has 1 aliphatic heterocycles. The molecule has 1 fully saturated rings. The molecule has 12 heteroatoms. The lowest BCUT2D eigenvalue weighted by Gasteiger charge is -2.40. The maximum Gasteiger partial charge on any atom is 0.252 e. The molecule has 1 heterocycles. The van der Waals surface area contributed by atoms with Crippen molar-refractivity contribution in [2.45, 2.75) is 64.3 Å². The smallest absolute Gasteiger partial charge is 0.252 e. The maximum absolute atomic E-state index is 13.0. The van der Waals surface area contributed by atoms with Gasteiger partial charge in [-0.15, -0.1) is 0 Å². The van der Waals surface area contributed by atoms with Crippen LogP contribution in [-0.2, 0) is 14.3 Å². The molecular weight excluding hydrogens is 546 g/mol. The van der Waals surface area contributed by atoms with Crippen LogP contribution in [-0.4, -0.2) is 87.9 Å². The van der Waals surface area contributed by atoms with Gasteiger partial charge in [0.05, 0.1) is 13.3 Å². The van der Waals surface area contributed by atoms with Crippen LogP contribution in [0.5, 0.6) is 0 Å². The number of rotatable bonds is 12. The zero-order valence-electron chi connectivity index (χ0n) is 23.8. The lowest BCUT2D eigenvalue weighted by Crippen LogP contribution is -2.64. The first-order chi connectivity index (χ1) is 19.9. The van der Waals surface area contributed by atoms with Crippen LogP contribution in [0.15, 0.2) is 54.6 Å². The van der Waals surface area contributed by atoms with Gasteiger partial charge in [-0.2, -0.15) is 0 Å². The van der Waals surface area contributed by atoms with Gasteiger partial charge in [-0.25, -0.2) is 0 Å². The molecule has 12 nitrogen and oxygen atoms in total. The van der Waals surface area contributed by atoms with E-state index >= 15 is 0 Å². The Labute approximate surface area is 244 Å². The van der Waals surface area contributed by atoms with Gasteiger partial charge in [-0.05, 0) is 25.0 Å². The van der Waals surface area contributed by atoms with Crippen molar-refractivity contribution in [2.24, 2.45) is 11.3 Å². The largest absolute Gasteiger partial charge is 0.394 e. The molecule has 228 valence electrons. The van der Waals surface area contributed by atoms with Crippen molar-refractivity contribution in [2.75, 3.05) is 13.3 Å². The van der Waals surface area contributed by atoms with Gasteiger partial charge in [0.25, 0.3) is 5.91 Å². The Morgan fingerprint density at radius 1 is 0.905 bits per heavy atom. The zero-order chi connectivity index (χ0) is 31.0. The van der Waals surface area contributed by atoms with Crippen molar-refractivity contribution in [1.82, 2.24) is 16.0 Å². The molecule has 3 amide bonds. The van der Waals surface area contributed by atoms with Gasteiger partial charge in [-0.3, -0.25) is 19.2 Å². The predicted octanol–water partition coefficient (Wildman–Crippen LogP) is 0.0797. The molecule has 0 bridgehead atoms. The van der Waals surface area contributed by atoms with Crippen LogP contribution in [0.1, 0.15) is 59.9 Å². The first kappa shape index (κ1) is 32.8. The summed E-state index contributed by atoms with van der Waals surface area (Å²) in [6, 6.07) is 13.6. The standard InChI is InChI=1S/C30H39N3O9/c1-4-30(3,14-17(2)26(38)33-22-25(37)24(36)21(15-34)42-28(22)40)29(41)32-16-31-27(39)20-12-10-19(11-13-20)23(35)18-8-6-5-7-9-18/h5-13,17,21-22,24-25,28,34,36-37,40H,4,14-16H2,1-3H3,(H,31,39)(H,32,41)(H,33,38). The molecule has 2 aromatic rings. The summed E-state index contributed by atoms with van der Waals surface area (Å²) in [6.07, 6.45) is -5.47. The molecule has 0 aliphatic carbocycles. The number of nitrogens with one attached hydrogen (secondary N) is 3. The van der Waals surface area contributed by atoms with Crippen LogP contribution >= 0.6 is 0 Å². The highest BCUT2D eigenvalue weighted by Gasteiger charge is 2.45. The minimum atomic E-state index is -1.65. The number of ketones is 1. The predicted molar refractivity (Wildman–Crippen MR) is 151 cm³/mol. The van der Waals surface area contributed by atoms with E-state index in [9.17, 15) is 39.6 Å². The van der Waals surface area contributed by atoms with Gasteiger partial charge in [0.1, 0.15) is 24.4 Å². The molecule has 0 spiro atoms. The molecule has 0 aromatic heterocycles. The van der Waals surface area contributed by atoms with Crippen LogP contribution in [0.4, 0.5) is 0 Å². The second-order valence-corrected chi connectivity index (χ2v) is 10.7. The van der Waals surface area contributed by atoms with Crippen LogP contribution in [0, 0.1) is 11.3 Å². The molecule has 1 aliphatic rings.